The summed E-state index contributed by atoms with van der Waals surface area (Å²) in [6, 6.07) is 6.80. The molecule has 0 amide bonds. The average Bonchev–Trinajstić information content (AvgIpc) is 2.28. The molecule has 0 aliphatic heterocycles. The van der Waals surface area contributed by atoms with Gasteiger partial charge in [-0.3, -0.25) is 9.59 Å². The van der Waals surface area contributed by atoms with Gasteiger partial charge in [-0.25, -0.2) is 0 Å². The standard InChI is InChI=1S/C12H11NO3S/c1-8(14)10-6-9(7-13)2-3-11(10)17-5-4-12(15)16/h2-3,6H,4-5H2,1H3,(H,15,16). The number of ketones is 1. The van der Waals surface area contributed by atoms with Crippen LogP contribution in [0, 0.1) is 11.3 Å². The third kappa shape index (κ3) is 3.93. The molecule has 0 atom stereocenters. The first-order chi connectivity index (χ1) is 8.04. The lowest BCUT2D eigenvalue weighted by Gasteiger charge is -2.06. The molecule has 0 saturated heterocycles. The molecule has 5 heteroatoms. The Bertz CT molecular complexity index is 491. The van der Waals surface area contributed by atoms with Crippen molar-refractivity contribution in [3.63, 3.8) is 0 Å². The largest absolute Gasteiger partial charge is 0.481 e. The second kappa shape index (κ2) is 6.06. The molecular formula is C12H11NO3S. The van der Waals surface area contributed by atoms with Crippen molar-refractivity contribution in [3.8, 4) is 6.07 Å². The first-order valence-corrected chi connectivity index (χ1v) is 5.93. The van der Waals surface area contributed by atoms with Gasteiger partial charge in [-0.05, 0) is 25.1 Å². The van der Waals surface area contributed by atoms with Gasteiger partial charge in [0, 0.05) is 16.2 Å². The van der Waals surface area contributed by atoms with Crippen molar-refractivity contribution in [2.45, 2.75) is 18.2 Å². The van der Waals surface area contributed by atoms with Crippen LogP contribution in [0.2, 0.25) is 0 Å². The lowest BCUT2D eigenvalue weighted by molar-refractivity contribution is -0.136. The van der Waals surface area contributed by atoms with Gasteiger partial charge in [0.25, 0.3) is 0 Å². The molecule has 0 unspecified atom stereocenters. The molecule has 0 bridgehead atoms. The Balaban J connectivity index is 2.88. The van der Waals surface area contributed by atoms with Crippen molar-refractivity contribution in [2.24, 2.45) is 0 Å². The molecule has 0 heterocycles. The summed E-state index contributed by atoms with van der Waals surface area (Å²) in [6.07, 6.45) is 0.0437. The quantitative estimate of drug-likeness (QED) is 0.640. The maximum atomic E-state index is 11.4. The Morgan fingerprint density at radius 2 is 2.18 bits per heavy atom. The maximum Gasteiger partial charge on any atom is 0.304 e. The van der Waals surface area contributed by atoms with Gasteiger partial charge < -0.3 is 5.11 Å². The predicted molar refractivity (Wildman–Crippen MR) is 64.1 cm³/mol. The zero-order valence-corrected chi connectivity index (χ0v) is 10.1. The van der Waals surface area contributed by atoms with Crippen LogP contribution in [0.1, 0.15) is 29.3 Å². The highest BCUT2D eigenvalue weighted by atomic mass is 32.2. The first kappa shape index (κ1) is 13.3. The van der Waals surface area contributed by atoms with Crippen molar-refractivity contribution < 1.29 is 14.7 Å². The zero-order valence-electron chi connectivity index (χ0n) is 9.27. The van der Waals surface area contributed by atoms with Crippen molar-refractivity contribution in [2.75, 3.05) is 5.75 Å². The number of benzene rings is 1. The van der Waals surface area contributed by atoms with Crippen LogP contribution in [0.5, 0.6) is 0 Å². The van der Waals surface area contributed by atoms with Crippen LogP contribution in [0.15, 0.2) is 23.1 Å². The summed E-state index contributed by atoms with van der Waals surface area (Å²) < 4.78 is 0. The SMILES string of the molecule is CC(=O)c1cc(C#N)ccc1SCCC(=O)O. The lowest BCUT2D eigenvalue weighted by Crippen LogP contribution is -1.99. The average molecular weight is 249 g/mol. The Labute approximate surface area is 103 Å². The Kier molecular flexibility index (Phi) is 4.73. The summed E-state index contributed by atoms with van der Waals surface area (Å²) in [5, 5.41) is 17.3. The molecule has 17 heavy (non-hydrogen) atoms. The second-order valence-electron chi connectivity index (χ2n) is 3.37. The van der Waals surface area contributed by atoms with Crippen LogP contribution in [-0.2, 0) is 4.79 Å². The highest BCUT2D eigenvalue weighted by molar-refractivity contribution is 7.99. The number of nitrogens with zero attached hydrogens (tertiary/aromatic N) is 1. The van der Waals surface area contributed by atoms with Gasteiger partial charge in [0.15, 0.2) is 5.78 Å². The molecule has 1 aromatic rings. The molecule has 0 spiro atoms. The Morgan fingerprint density at radius 1 is 1.47 bits per heavy atom. The van der Waals surface area contributed by atoms with Gasteiger partial charge >= 0.3 is 5.97 Å². The number of nitriles is 1. The summed E-state index contributed by atoms with van der Waals surface area (Å²) >= 11 is 1.31. The minimum absolute atomic E-state index is 0.0437. The fourth-order valence-electron chi connectivity index (χ4n) is 1.25. The van der Waals surface area contributed by atoms with Gasteiger partial charge in [-0.2, -0.15) is 5.26 Å². The molecule has 0 aliphatic carbocycles. The van der Waals surface area contributed by atoms with E-state index in [1.54, 1.807) is 12.1 Å². The number of carboxylic acids is 1. The summed E-state index contributed by atoms with van der Waals surface area (Å²) in [5.74, 6) is -0.586. The molecule has 88 valence electrons. The van der Waals surface area contributed by atoms with Crippen LogP contribution in [-0.4, -0.2) is 22.6 Å². The molecule has 1 aromatic carbocycles. The van der Waals surface area contributed by atoms with Crippen molar-refractivity contribution in [1.29, 1.82) is 5.26 Å². The fourth-order valence-corrected chi connectivity index (χ4v) is 2.27. The van der Waals surface area contributed by atoms with E-state index in [0.717, 1.165) is 4.90 Å². The summed E-state index contributed by atoms with van der Waals surface area (Å²) in [4.78, 5) is 22.5. The van der Waals surface area contributed by atoms with E-state index in [4.69, 9.17) is 10.4 Å². The van der Waals surface area contributed by atoms with Crippen LogP contribution < -0.4 is 0 Å². The number of thioether (sulfide) groups is 1. The van der Waals surface area contributed by atoms with Gasteiger partial charge in [-0.1, -0.05) is 0 Å². The molecule has 1 N–H and O–H groups in total. The third-order valence-electron chi connectivity index (χ3n) is 2.06. The molecule has 0 saturated carbocycles. The van der Waals surface area contributed by atoms with Crippen LogP contribution in [0.4, 0.5) is 0 Å². The highest BCUT2D eigenvalue weighted by Gasteiger charge is 2.09. The van der Waals surface area contributed by atoms with Crippen LogP contribution in [0.25, 0.3) is 0 Å². The smallest absolute Gasteiger partial charge is 0.304 e. The van der Waals surface area contributed by atoms with E-state index in [1.165, 1.54) is 24.8 Å². The van der Waals surface area contributed by atoms with Crippen molar-refractivity contribution in [3.05, 3.63) is 29.3 Å². The molecule has 0 aliphatic rings. The number of carboxylic acid groups (broad SMARTS) is 1. The molecule has 4 nitrogen and oxygen atoms in total. The van der Waals surface area contributed by atoms with Crippen molar-refractivity contribution >= 4 is 23.5 Å². The second-order valence-corrected chi connectivity index (χ2v) is 4.51. The Hall–Kier alpha value is -1.80. The van der Waals surface area contributed by atoms with E-state index in [-0.39, 0.29) is 12.2 Å². The monoisotopic (exact) mass is 249 g/mol. The van der Waals surface area contributed by atoms with Crippen LogP contribution >= 0.6 is 11.8 Å². The van der Waals surface area contributed by atoms with Crippen molar-refractivity contribution in [1.82, 2.24) is 0 Å². The number of hydrogen-bond donors (Lipinski definition) is 1. The van der Waals surface area contributed by atoms with Gasteiger partial charge in [0.1, 0.15) is 0 Å². The maximum absolute atomic E-state index is 11.4. The van der Waals surface area contributed by atoms with E-state index in [0.29, 0.717) is 16.9 Å². The number of Topliss-reactive ketones (excluding diaryl/α,β-unsaturated/α-hetero) is 1. The topological polar surface area (TPSA) is 78.2 Å². The lowest BCUT2D eigenvalue weighted by atomic mass is 10.1. The Morgan fingerprint density at radius 3 is 2.71 bits per heavy atom. The number of carbonyl (C=O) groups is 2. The third-order valence-corrected chi connectivity index (χ3v) is 3.14. The number of hydrogen-bond acceptors (Lipinski definition) is 4. The number of rotatable bonds is 5. The summed E-state index contributed by atoms with van der Waals surface area (Å²) in [7, 11) is 0. The van der Waals surface area contributed by atoms with E-state index in [9.17, 15) is 9.59 Å². The van der Waals surface area contributed by atoms with E-state index in [1.807, 2.05) is 6.07 Å². The summed E-state index contributed by atoms with van der Waals surface area (Å²) in [6.45, 7) is 1.43. The molecular weight excluding hydrogens is 238 g/mol. The first-order valence-electron chi connectivity index (χ1n) is 4.94. The number of aliphatic carboxylic acids is 1. The van der Waals surface area contributed by atoms with Gasteiger partial charge in [0.2, 0.25) is 0 Å². The van der Waals surface area contributed by atoms with E-state index < -0.39 is 5.97 Å². The number of carbonyl (C=O) groups excluding carboxylic acids is 1. The predicted octanol–water partition coefficient (Wildman–Crippen LogP) is 2.33. The van der Waals surface area contributed by atoms with Gasteiger partial charge in [0.05, 0.1) is 18.1 Å². The summed E-state index contributed by atoms with van der Waals surface area (Å²) in [5.41, 5.74) is 0.900. The molecule has 1 rings (SSSR count). The molecule has 0 fully saturated rings. The van der Waals surface area contributed by atoms with Gasteiger partial charge in [-0.15, -0.1) is 11.8 Å². The minimum Gasteiger partial charge on any atom is -0.481 e. The minimum atomic E-state index is -0.865. The van der Waals surface area contributed by atoms with E-state index in [2.05, 4.69) is 0 Å². The zero-order chi connectivity index (χ0) is 12.8. The molecule has 0 aromatic heterocycles. The fraction of sp³-hybridized carbons (Fsp3) is 0.250. The van der Waals surface area contributed by atoms with E-state index >= 15 is 0 Å². The molecule has 0 radical (unpaired) electrons. The normalized spacial score (nSPS) is 9.65. The highest BCUT2D eigenvalue weighted by Crippen LogP contribution is 2.24. The van der Waals surface area contributed by atoms with Crippen LogP contribution in [0.3, 0.4) is 0 Å².